The van der Waals surface area contributed by atoms with Crippen LogP contribution in [0.25, 0.3) is 0 Å². The van der Waals surface area contributed by atoms with Gasteiger partial charge in [0, 0.05) is 41.7 Å². The summed E-state index contributed by atoms with van der Waals surface area (Å²) in [6.07, 6.45) is 0. The van der Waals surface area contributed by atoms with Gasteiger partial charge in [-0.1, -0.05) is 31.1 Å². The van der Waals surface area contributed by atoms with E-state index in [9.17, 15) is 9.90 Å². The smallest absolute Gasteiger partial charge is 0.324 e. The number of amidine groups is 1. The van der Waals surface area contributed by atoms with E-state index >= 15 is 0 Å². The van der Waals surface area contributed by atoms with E-state index in [-0.39, 0.29) is 18.5 Å². The van der Waals surface area contributed by atoms with Gasteiger partial charge in [0.2, 0.25) is 0 Å². The summed E-state index contributed by atoms with van der Waals surface area (Å²) in [6, 6.07) is 15.2. The monoisotopic (exact) mass is 578 g/mol. The minimum absolute atomic E-state index is 0.0152. The number of fused-ring (bicyclic) bond motifs is 3. The number of aliphatic imine (C=N–C) groups is 1. The molecule has 0 saturated carbocycles. The van der Waals surface area contributed by atoms with Gasteiger partial charge in [-0.15, -0.1) is 0 Å². The fraction of sp³-hybridized carbons (Fsp3) is 0.414. The maximum atomic E-state index is 12.5. The van der Waals surface area contributed by atoms with E-state index in [1.54, 1.807) is 17.8 Å². The van der Waals surface area contributed by atoms with E-state index < -0.39 is 11.4 Å². The van der Waals surface area contributed by atoms with Crippen molar-refractivity contribution in [3.05, 3.63) is 59.9 Å². The number of hydrogen-bond acceptors (Lipinski definition) is 10. The molecule has 3 aliphatic rings. The number of aromatic nitrogens is 1. The Kier molecular flexibility index (Phi) is 7.89. The number of rotatable bonds is 9. The minimum atomic E-state index is -0.584. The Morgan fingerprint density at radius 2 is 1.95 bits per heavy atom. The van der Waals surface area contributed by atoms with Crippen LogP contribution in [0.15, 0.2) is 62.9 Å². The third kappa shape index (κ3) is 6.20. The molecule has 1 fully saturated rings. The minimum Gasteiger partial charge on any atom is -0.492 e. The van der Waals surface area contributed by atoms with Gasteiger partial charge in [-0.05, 0) is 47.7 Å². The van der Waals surface area contributed by atoms with E-state index in [0.717, 1.165) is 66.5 Å². The average Bonchev–Trinajstić information content (AvgIpc) is 3.69. The number of amides is 2. The van der Waals surface area contributed by atoms with Gasteiger partial charge < -0.3 is 29.3 Å². The van der Waals surface area contributed by atoms with Crippen molar-refractivity contribution >= 4 is 40.2 Å². The second kappa shape index (κ2) is 11.7. The van der Waals surface area contributed by atoms with Gasteiger partial charge in [0.05, 0.1) is 38.1 Å². The molecule has 1 saturated heterocycles. The predicted octanol–water partition coefficient (Wildman–Crippen LogP) is 4.32. The lowest BCUT2D eigenvalue weighted by molar-refractivity contribution is 0.0322. The number of nitrogens with one attached hydrogen (secondary N) is 2. The lowest BCUT2D eigenvalue weighted by Gasteiger charge is -2.26. The number of hydrogen-bond donors (Lipinski definition) is 3. The maximum Gasteiger partial charge on any atom is 0.324 e. The molecule has 11 nitrogen and oxygen atoms in total. The first kappa shape index (κ1) is 27.6. The fourth-order valence-electron chi connectivity index (χ4n) is 4.86. The Hall–Kier alpha value is -3.58. The summed E-state index contributed by atoms with van der Waals surface area (Å²) in [5.41, 5.74) is 2.30. The van der Waals surface area contributed by atoms with Gasteiger partial charge in [-0.2, -0.15) is 0 Å². The molecule has 3 N–H and O–H groups in total. The van der Waals surface area contributed by atoms with Gasteiger partial charge in [0.15, 0.2) is 11.0 Å². The molecule has 0 bridgehead atoms. The van der Waals surface area contributed by atoms with Gasteiger partial charge in [-0.3, -0.25) is 15.2 Å². The van der Waals surface area contributed by atoms with Crippen LogP contribution in [0.3, 0.4) is 0 Å². The van der Waals surface area contributed by atoms with Crippen LogP contribution >= 0.6 is 11.8 Å². The Labute approximate surface area is 242 Å². The number of thioether (sulfide) groups is 1. The Balaban J connectivity index is 1.01. The summed E-state index contributed by atoms with van der Waals surface area (Å²) in [4.78, 5) is 23.2. The predicted molar refractivity (Wildman–Crippen MR) is 158 cm³/mol. The first-order chi connectivity index (χ1) is 19.9. The Morgan fingerprint density at radius 1 is 1.15 bits per heavy atom. The fourth-order valence-corrected chi connectivity index (χ4v) is 5.98. The van der Waals surface area contributed by atoms with Crippen LogP contribution in [-0.2, 0) is 10.2 Å². The van der Waals surface area contributed by atoms with Crippen LogP contribution in [0, 0.1) is 0 Å². The number of carbonyl (C=O) groups excluding carboxylic acids is 1. The topological polar surface area (TPSA) is 125 Å². The number of urea groups is 1. The van der Waals surface area contributed by atoms with Crippen molar-refractivity contribution in [3.63, 3.8) is 0 Å². The zero-order valence-electron chi connectivity index (χ0n) is 23.1. The van der Waals surface area contributed by atoms with E-state index in [0.29, 0.717) is 18.1 Å². The molecule has 2 amide bonds. The summed E-state index contributed by atoms with van der Waals surface area (Å²) in [7, 11) is 0. The lowest BCUT2D eigenvalue weighted by Crippen LogP contribution is -2.38. The van der Waals surface area contributed by atoms with Crippen molar-refractivity contribution in [1.29, 1.82) is 0 Å². The van der Waals surface area contributed by atoms with Gasteiger partial charge >= 0.3 is 6.03 Å². The molecule has 1 unspecified atom stereocenters. The van der Waals surface area contributed by atoms with Crippen LogP contribution in [0.1, 0.15) is 31.2 Å². The SMILES string of the molecule is CC(C)(CO)c1cc(NC(=O)Nc2ccc(C3CN4C(=N3)Sc3cc(OCCN5CCOCC5)ccc34)cc2)no1. The largest absolute Gasteiger partial charge is 0.492 e. The zero-order chi connectivity index (χ0) is 28.4. The van der Waals surface area contributed by atoms with Crippen LogP contribution in [0.2, 0.25) is 0 Å². The highest BCUT2D eigenvalue weighted by Crippen LogP contribution is 2.46. The number of morpholine rings is 1. The summed E-state index contributed by atoms with van der Waals surface area (Å²) in [5, 5.41) is 19.8. The number of ether oxygens (including phenoxy) is 2. The Morgan fingerprint density at radius 3 is 2.73 bits per heavy atom. The van der Waals surface area contributed by atoms with E-state index in [1.807, 2.05) is 44.2 Å². The van der Waals surface area contributed by atoms with Crippen molar-refractivity contribution in [3.8, 4) is 5.75 Å². The Bertz CT molecular complexity index is 1420. The number of carbonyl (C=O) groups is 1. The summed E-state index contributed by atoms with van der Waals surface area (Å²) < 4.78 is 16.7. The summed E-state index contributed by atoms with van der Waals surface area (Å²) >= 11 is 1.67. The molecule has 3 aliphatic heterocycles. The summed E-state index contributed by atoms with van der Waals surface area (Å²) in [5.74, 6) is 1.66. The van der Waals surface area contributed by atoms with Gasteiger partial charge in [0.1, 0.15) is 18.1 Å². The molecule has 216 valence electrons. The quantitative estimate of drug-likeness (QED) is 0.340. The normalized spacial score (nSPS) is 18.6. The molecule has 2 aromatic carbocycles. The molecule has 3 aromatic rings. The number of aliphatic hydroxyl groups is 1. The molecule has 1 atom stereocenters. The van der Waals surface area contributed by atoms with Gasteiger partial charge in [0.25, 0.3) is 0 Å². The molecule has 0 radical (unpaired) electrons. The third-order valence-electron chi connectivity index (χ3n) is 7.42. The number of aliphatic hydroxyl groups excluding tert-OH is 1. The van der Waals surface area contributed by atoms with Crippen LogP contribution < -0.4 is 20.3 Å². The second-order valence-corrected chi connectivity index (χ2v) is 11.9. The molecule has 1 aromatic heterocycles. The molecule has 0 spiro atoms. The number of anilines is 3. The highest BCUT2D eigenvalue weighted by Gasteiger charge is 2.35. The van der Waals surface area contributed by atoms with Crippen molar-refractivity contribution in [1.82, 2.24) is 10.1 Å². The van der Waals surface area contributed by atoms with Crippen molar-refractivity contribution in [2.24, 2.45) is 4.99 Å². The number of benzene rings is 2. The van der Waals surface area contributed by atoms with Crippen molar-refractivity contribution in [2.75, 3.05) is 68.1 Å². The second-order valence-electron chi connectivity index (χ2n) is 10.9. The van der Waals surface area contributed by atoms with E-state index in [1.165, 1.54) is 0 Å². The standard InChI is InChI=1S/C29H34N6O5S/c1-29(2,18-36)25-16-26(33-40-25)32-27(37)30-20-5-3-19(4-6-20)22-17-35-23-8-7-21(15-24(23)41-28(35)31-22)39-14-11-34-9-12-38-13-10-34/h3-8,15-16,22,36H,9-14,17-18H2,1-2H3,(H2,30,32,33,37). The molecule has 41 heavy (non-hydrogen) atoms. The van der Waals surface area contributed by atoms with Crippen molar-refractivity contribution < 1.29 is 23.9 Å². The molecule has 12 heteroatoms. The highest BCUT2D eigenvalue weighted by molar-refractivity contribution is 8.14. The average molecular weight is 579 g/mol. The van der Waals surface area contributed by atoms with Crippen molar-refractivity contribution in [2.45, 2.75) is 30.2 Å². The van der Waals surface area contributed by atoms with Crippen LogP contribution in [0.4, 0.5) is 22.0 Å². The number of nitrogens with zero attached hydrogens (tertiary/aromatic N) is 4. The molecule has 4 heterocycles. The zero-order valence-corrected chi connectivity index (χ0v) is 23.9. The molecule has 6 rings (SSSR count). The van der Waals surface area contributed by atoms with Crippen LogP contribution in [-0.4, -0.2) is 79.0 Å². The first-order valence-corrected chi connectivity index (χ1v) is 14.6. The third-order valence-corrected chi connectivity index (χ3v) is 8.48. The summed E-state index contributed by atoms with van der Waals surface area (Å²) in [6.45, 7) is 9.40. The lowest BCUT2D eigenvalue weighted by atomic mass is 9.92. The van der Waals surface area contributed by atoms with E-state index in [4.69, 9.17) is 19.0 Å². The molecule has 0 aliphatic carbocycles. The molecular formula is C29H34N6O5S. The maximum absolute atomic E-state index is 12.5. The van der Waals surface area contributed by atoms with Gasteiger partial charge in [-0.25, -0.2) is 4.79 Å². The van der Waals surface area contributed by atoms with E-state index in [2.05, 4.69) is 37.7 Å². The molecular weight excluding hydrogens is 544 g/mol. The first-order valence-electron chi connectivity index (χ1n) is 13.7. The van der Waals surface area contributed by atoms with Crippen LogP contribution in [0.5, 0.6) is 5.75 Å². The highest BCUT2D eigenvalue weighted by atomic mass is 32.2.